The summed E-state index contributed by atoms with van der Waals surface area (Å²) in [6, 6.07) is 0.0214. The Balaban J connectivity index is 1.59. The summed E-state index contributed by atoms with van der Waals surface area (Å²) in [4.78, 5) is 10.3. The van der Waals surface area contributed by atoms with Gasteiger partial charge < -0.3 is 10.6 Å². The lowest BCUT2D eigenvalue weighted by Gasteiger charge is -2.25. The van der Waals surface area contributed by atoms with Gasteiger partial charge in [-0.25, -0.2) is 4.98 Å². The Morgan fingerprint density at radius 3 is 2.85 bits per heavy atom. The Morgan fingerprint density at radius 2 is 2.15 bits per heavy atom. The normalized spacial score (nSPS) is 18.0. The third-order valence-corrected chi connectivity index (χ3v) is 4.67. The van der Waals surface area contributed by atoms with E-state index < -0.39 is 12.6 Å². The zero-order valence-corrected chi connectivity index (χ0v) is 15.6. The third-order valence-electron chi connectivity index (χ3n) is 4.39. The molecule has 7 nitrogen and oxygen atoms in total. The molecule has 1 aliphatic rings. The first-order valence-electron chi connectivity index (χ1n) is 8.63. The smallest absolute Gasteiger partial charge is 0.367 e. The van der Waals surface area contributed by atoms with E-state index in [0.717, 1.165) is 18.5 Å². The molecule has 2 aromatic heterocycles. The SMILES string of the molecule is Cn1cc(Nc2ncc(Cl)c(NCC3CCCN3CCC(F)(F)F)n2)cn1. The van der Waals surface area contributed by atoms with Crippen LogP contribution in [0, 0.1) is 0 Å². The van der Waals surface area contributed by atoms with Gasteiger partial charge in [-0.05, 0) is 19.4 Å². The highest BCUT2D eigenvalue weighted by Gasteiger charge is 2.31. The van der Waals surface area contributed by atoms with Gasteiger partial charge in [0.15, 0.2) is 5.82 Å². The Bertz CT molecular complexity index is 765. The minimum absolute atomic E-state index is 0.0150. The number of likely N-dealkylation sites (tertiary alicyclic amines) is 1. The van der Waals surface area contributed by atoms with Crippen molar-refractivity contribution >= 4 is 29.1 Å². The van der Waals surface area contributed by atoms with Crippen molar-refractivity contribution in [3.05, 3.63) is 23.6 Å². The number of alkyl halides is 3. The molecule has 1 unspecified atom stereocenters. The maximum atomic E-state index is 12.5. The molecule has 1 fully saturated rings. The van der Waals surface area contributed by atoms with E-state index in [4.69, 9.17) is 11.6 Å². The van der Waals surface area contributed by atoms with Gasteiger partial charge in [-0.2, -0.15) is 23.3 Å². The number of halogens is 4. The average Bonchev–Trinajstić information content (AvgIpc) is 3.21. The summed E-state index contributed by atoms with van der Waals surface area (Å²) >= 11 is 6.15. The van der Waals surface area contributed by atoms with Crippen molar-refractivity contribution < 1.29 is 13.2 Å². The summed E-state index contributed by atoms with van der Waals surface area (Å²) < 4.78 is 39.1. The molecule has 148 valence electrons. The van der Waals surface area contributed by atoms with Gasteiger partial charge in [-0.15, -0.1) is 0 Å². The van der Waals surface area contributed by atoms with Gasteiger partial charge >= 0.3 is 6.18 Å². The molecule has 1 atom stereocenters. The topological polar surface area (TPSA) is 70.9 Å². The highest BCUT2D eigenvalue weighted by atomic mass is 35.5. The molecule has 11 heteroatoms. The van der Waals surface area contributed by atoms with Crippen molar-refractivity contribution in [3.8, 4) is 0 Å². The molecule has 0 aromatic carbocycles. The largest absolute Gasteiger partial charge is 0.390 e. The number of aryl methyl sites for hydroxylation is 1. The highest BCUT2D eigenvalue weighted by Crippen LogP contribution is 2.25. The van der Waals surface area contributed by atoms with Crippen LogP contribution in [0.1, 0.15) is 19.3 Å². The van der Waals surface area contributed by atoms with Crippen LogP contribution in [-0.4, -0.2) is 56.5 Å². The van der Waals surface area contributed by atoms with Gasteiger partial charge in [-0.1, -0.05) is 11.6 Å². The first-order chi connectivity index (χ1) is 12.8. The van der Waals surface area contributed by atoms with Crippen molar-refractivity contribution in [1.29, 1.82) is 0 Å². The zero-order chi connectivity index (χ0) is 19.4. The Labute approximate surface area is 159 Å². The first kappa shape index (κ1) is 19.7. The fraction of sp³-hybridized carbons (Fsp3) is 0.562. The fourth-order valence-electron chi connectivity index (χ4n) is 3.07. The Kier molecular flexibility index (Phi) is 6.05. The van der Waals surface area contributed by atoms with Crippen LogP contribution in [0.15, 0.2) is 18.6 Å². The molecule has 3 heterocycles. The summed E-state index contributed by atoms with van der Waals surface area (Å²) in [6.45, 7) is 1.16. The van der Waals surface area contributed by atoms with Crippen LogP contribution >= 0.6 is 11.6 Å². The molecular formula is C16H21ClF3N7. The second-order valence-corrected chi connectivity index (χ2v) is 6.90. The Morgan fingerprint density at radius 1 is 1.33 bits per heavy atom. The summed E-state index contributed by atoms with van der Waals surface area (Å²) in [6.07, 6.45) is 1.69. The summed E-state index contributed by atoms with van der Waals surface area (Å²) in [5.41, 5.74) is 0.736. The van der Waals surface area contributed by atoms with Gasteiger partial charge in [0.1, 0.15) is 5.02 Å². The van der Waals surface area contributed by atoms with Crippen LogP contribution in [-0.2, 0) is 7.05 Å². The van der Waals surface area contributed by atoms with Crippen molar-refractivity contribution in [1.82, 2.24) is 24.6 Å². The standard InChI is InChI=1S/C16H21ClF3N7/c1-26-10-11(7-23-26)24-15-22-9-13(17)14(25-15)21-8-12-3-2-5-27(12)6-4-16(18,19)20/h7,9-10,12H,2-6,8H2,1H3,(H2,21,22,24,25). The van der Waals surface area contributed by atoms with E-state index in [1.54, 1.807) is 24.1 Å². The van der Waals surface area contributed by atoms with E-state index in [1.165, 1.54) is 6.20 Å². The number of hydrogen-bond acceptors (Lipinski definition) is 6. The second kappa shape index (κ2) is 8.30. The molecule has 0 bridgehead atoms. The maximum Gasteiger partial charge on any atom is 0.390 e. The molecule has 0 radical (unpaired) electrons. The molecule has 2 N–H and O–H groups in total. The van der Waals surface area contributed by atoms with E-state index in [2.05, 4.69) is 25.7 Å². The number of hydrogen-bond donors (Lipinski definition) is 2. The molecule has 2 aromatic rings. The summed E-state index contributed by atoms with van der Waals surface area (Å²) in [7, 11) is 1.80. The second-order valence-electron chi connectivity index (χ2n) is 6.50. The molecule has 27 heavy (non-hydrogen) atoms. The van der Waals surface area contributed by atoms with E-state index in [1.807, 2.05) is 4.90 Å². The van der Waals surface area contributed by atoms with Crippen LogP contribution in [0.5, 0.6) is 0 Å². The van der Waals surface area contributed by atoms with Crippen LogP contribution < -0.4 is 10.6 Å². The van der Waals surface area contributed by atoms with Crippen LogP contribution in [0.3, 0.4) is 0 Å². The molecule has 0 amide bonds. The molecule has 1 saturated heterocycles. The number of nitrogens with one attached hydrogen (secondary N) is 2. The lowest BCUT2D eigenvalue weighted by atomic mass is 10.2. The number of rotatable bonds is 7. The van der Waals surface area contributed by atoms with E-state index in [0.29, 0.717) is 29.9 Å². The fourth-order valence-corrected chi connectivity index (χ4v) is 3.23. The molecule has 1 aliphatic heterocycles. The quantitative estimate of drug-likeness (QED) is 0.738. The number of aromatic nitrogens is 4. The summed E-state index contributed by atoms with van der Waals surface area (Å²) in [5.74, 6) is 0.802. The van der Waals surface area contributed by atoms with Gasteiger partial charge in [0.05, 0.1) is 24.5 Å². The first-order valence-corrected chi connectivity index (χ1v) is 9.01. The zero-order valence-electron chi connectivity index (χ0n) is 14.8. The molecule has 0 saturated carbocycles. The molecule has 0 aliphatic carbocycles. The number of anilines is 3. The van der Waals surface area contributed by atoms with Gasteiger partial charge in [0, 0.05) is 32.4 Å². The van der Waals surface area contributed by atoms with Gasteiger partial charge in [-0.3, -0.25) is 9.58 Å². The van der Waals surface area contributed by atoms with Crippen molar-refractivity contribution in [3.63, 3.8) is 0 Å². The van der Waals surface area contributed by atoms with Gasteiger partial charge in [0.25, 0.3) is 0 Å². The predicted octanol–water partition coefficient (Wildman–Crippen LogP) is 3.44. The summed E-state index contributed by atoms with van der Waals surface area (Å²) in [5, 5.41) is 10.6. The predicted molar refractivity (Wildman–Crippen MR) is 97.3 cm³/mol. The van der Waals surface area contributed by atoms with Crippen LogP contribution in [0.25, 0.3) is 0 Å². The van der Waals surface area contributed by atoms with E-state index >= 15 is 0 Å². The average molecular weight is 404 g/mol. The monoisotopic (exact) mass is 403 g/mol. The molecular weight excluding hydrogens is 383 g/mol. The van der Waals surface area contributed by atoms with Crippen molar-refractivity contribution in [2.45, 2.75) is 31.5 Å². The maximum absolute atomic E-state index is 12.5. The van der Waals surface area contributed by atoms with Crippen LogP contribution in [0.2, 0.25) is 5.02 Å². The lowest BCUT2D eigenvalue weighted by Crippen LogP contribution is -2.37. The molecule has 3 rings (SSSR count). The Hall–Kier alpha value is -2.07. The highest BCUT2D eigenvalue weighted by molar-refractivity contribution is 6.32. The minimum atomic E-state index is -4.14. The van der Waals surface area contributed by atoms with Crippen molar-refractivity contribution in [2.75, 3.05) is 30.3 Å². The third kappa shape index (κ3) is 5.70. The van der Waals surface area contributed by atoms with E-state index in [9.17, 15) is 13.2 Å². The lowest BCUT2D eigenvalue weighted by molar-refractivity contribution is -0.138. The number of nitrogens with zero attached hydrogens (tertiary/aromatic N) is 5. The van der Waals surface area contributed by atoms with Gasteiger partial charge in [0.2, 0.25) is 5.95 Å². The van der Waals surface area contributed by atoms with E-state index in [-0.39, 0.29) is 12.6 Å². The van der Waals surface area contributed by atoms with Crippen LogP contribution in [0.4, 0.5) is 30.6 Å². The van der Waals surface area contributed by atoms with Crippen molar-refractivity contribution in [2.24, 2.45) is 7.05 Å². The molecule has 0 spiro atoms. The minimum Gasteiger partial charge on any atom is -0.367 e.